The Morgan fingerprint density at radius 2 is 2.26 bits per heavy atom. The predicted octanol–water partition coefficient (Wildman–Crippen LogP) is -0.841. The summed E-state index contributed by atoms with van der Waals surface area (Å²) in [6.45, 7) is 4.37. The molecule has 0 radical (unpaired) electrons. The van der Waals surface area contributed by atoms with E-state index in [4.69, 9.17) is 14.5 Å². The topological polar surface area (TPSA) is 151 Å². The Hall–Kier alpha value is -1.55. The van der Waals surface area contributed by atoms with Crippen LogP contribution >= 0.6 is 7.82 Å². The molecule has 23 heavy (non-hydrogen) atoms. The summed E-state index contributed by atoms with van der Waals surface area (Å²) >= 11 is 0. The van der Waals surface area contributed by atoms with Gasteiger partial charge in [-0.1, -0.05) is 6.08 Å². The van der Waals surface area contributed by atoms with Gasteiger partial charge in [-0.3, -0.25) is 18.9 Å². The summed E-state index contributed by atoms with van der Waals surface area (Å²) < 4.78 is 21.7. The molecule has 2 rings (SSSR count). The standard InChI is InChI=1S/C12H17N2O8P/c1-3-12(17)4-9(22-8(12)6-21-23(18,19)20)14-5-7(2)10(15)13-11(14)16/h3,5,8-9,17H,1,4,6H2,2H3,(H,13,15,16)(H2,18,19,20)/t8-,9-,12+/m1/s1. The van der Waals surface area contributed by atoms with Crippen molar-refractivity contribution in [2.24, 2.45) is 0 Å². The molecule has 1 aromatic heterocycles. The summed E-state index contributed by atoms with van der Waals surface area (Å²) in [6.07, 6.45) is 0.242. The van der Waals surface area contributed by atoms with E-state index in [1.54, 1.807) is 0 Å². The first-order valence-electron chi connectivity index (χ1n) is 6.59. The fourth-order valence-electron chi connectivity index (χ4n) is 2.29. The second-order valence-corrected chi connectivity index (χ2v) is 6.48. The van der Waals surface area contributed by atoms with Crippen molar-refractivity contribution < 1.29 is 28.7 Å². The molecule has 0 bridgehead atoms. The van der Waals surface area contributed by atoms with Gasteiger partial charge in [0.25, 0.3) is 5.56 Å². The number of ether oxygens (including phenoxy) is 1. The van der Waals surface area contributed by atoms with Crippen LogP contribution in [0, 0.1) is 6.92 Å². The second kappa shape index (κ2) is 6.16. The van der Waals surface area contributed by atoms with Crippen molar-refractivity contribution in [2.45, 2.75) is 31.3 Å². The van der Waals surface area contributed by atoms with Gasteiger partial charge in [-0.05, 0) is 6.92 Å². The third-order valence-corrected chi connectivity index (χ3v) is 4.07. The van der Waals surface area contributed by atoms with Gasteiger partial charge in [0.15, 0.2) is 0 Å². The van der Waals surface area contributed by atoms with Crippen LogP contribution in [0.25, 0.3) is 0 Å². The summed E-state index contributed by atoms with van der Waals surface area (Å²) in [5.41, 5.74) is -2.65. The van der Waals surface area contributed by atoms with Crippen LogP contribution < -0.4 is 11.2 Å². The molecule has 11 heteroatoms. The number of hydrogen-bond acceptors (Lipinski definition) is 6. The zero-order valence-electron chi connectivity index (χ0n) is 12.2. The van der Waals surface area contributed by atoms with Crippen LogP contribution in [0.2, 0.25) is 0 Å². The molecule has 3 atom stereocenters. The van der Waals surface area contributed by atoms with Gasteiger partial charge in [-0.25, -0.2) is 9.36 Å². The zero-order chi connectivity index (χ0) is 17.4. The minimum Gasteiger partial charge on any atom is -0.383 e. The Balaban J connectivity index is 2.29. The molecule has 10 nitrogen and oxygen atoms in total. The average molecular weight is 348 g/mol. The van der Waals surface area contributed by atoms with Crippen molar-refractivity contribution in [1.29, 1.82) is 0 Å². The molecule has 1 aromatic rings. The van der Waals surface area contributed by atoms with Crippen LogP contribution in [0.15, 0.2) is 28.4 Å². The maximum atomic E-state index is 11.9. The van der Waals surface area contributed by atoms with E-state index in [-0.39, 0.29) is 12.0 Å². The highest BCUT2D eigenvalue weighted by atomic mass is 31.2. The summed E-state index contributed by atoms with van der Waals surface area (Å²) in [4.78, 5) is 42.9. The molecule has 0 aromatic carbocycles. The smallest absolute Gasteiger partial charge is 0.383 e. The lowest BCUT2D eigenvalue weighted by molar-refractivity contribution is -0.0641. The van der Waals surface area contributed by atoms with Crippen LogP contribution in [-0.2, 0) is 13.8 Å². The van der Waals surface area contributed by atoms with E-state index in [0.717, 1.165) is 10.6 Å². The molecule has 2 heterocycles. The molecule has 0 aliphatic carbocycles. The highest BCUT2D eigenvalue weighted by Crippen LogP contribution is 2.41. The van der Waals surface area contributed by atoms with Crippen molar-refractivity contribution >= 4 is 7.82 Å². The Kier molecular flexibility index (Phi) is 4.76. The average Bonchev–Trinajstić information content (AvgIpc) is 2.77. The fraction of sp³-hybridized carbons (Fsp3) is 0.500. The van der Waals surface area contributed by atoms with E-state index in [1.165, 1.54) is 13.1 Å². The SMILES string of the molecule is C=C[C@]1(O)C[C@H](n2cc(C)c(=O)[nH]c2=O)O[C@@H]1COP(=O)(O)O. The number of aliphatic hydroxyl groups is 1. The van der Waals surface area contributed by atoms with Gasteiger partial charge < -0.3 is 19.6 Å². The van der Waals surface area contributed by atoms with Gasteiger partial charge >= 0.3 is 13.5 Å². The first kappa shape index (κ1) is 17.8. The molecule has 1 fully saturated rings. The van der Waals surface area contributed by atoms with E-state index in [2.05, 4.69) is 16.1 Å². The Morgan fingerprint density at radius 3 is 2.83 bits per heavy atom. The van der Waals surface area contributed by atoms with Gasteiger partial charge in [0.2, 0.25) is 0 Å². The highest BCUT2D eigenvalue weighted by molar-refractivity contribution is 7.46. The number of phosphoric acid groups is 1. The number of hydrogen-bond donors (Lipinski definition) is 4. The number of aromatic amines is 1. The summed E-state index contributed by atoms with van der Waals surface area (Å²) in [6, 6.07) is 0. The number of H-pyrrole nitrogens is 1. The number of nitrogens with one attached hydrogen (secondary N) is 1. The molecule has 1 aliphatic rings. The molecule has 128 valence electrons. The first-order valence-corrected chi connectivity index (χ1v) is 8.12. The van der Waals surface area contributed by atoms with Gasteiger partial charge in [0.1, 0.15) is 17.9 Å². The van der Waals surface area contributed by atoms with Crippen molar-refractivity contribution in [3.8, 4) is 0 Å². The minimum atomic E-state index is -4.74. The van der Waals surface area contributed by atoms with Crippen LogP contribution in [0.1, 0.15) is 18.2 Å². The van der Waals surface area contributed by atoms with Gasteiger partial charge in [-0.2, -0.15) is 0 Å². The highest BCUT2D eigenvalue weighted by Gasteiger charge is 2.47. The zero-order valence-corrected chi connectivity index (χ0v) is 13.1. The summed E-state index contributed by atoms with van der Waals surface area (Å²) in [5.74, 6) is 0. The lowest BCUT2D eigenvalue weighted by atomic mass is 9.95. The van der Waals surface area contributed by atoms with Crippen molar-refractivity contribution in [2.75, 3.05) is 6.61 Å². The summed E-state index contributed by atoms with van der Waals surface area (Å²) in [5, 5.41) is 10.4. The van der Waals surface area contributed by atoms with E-state index >= 15 is 0 Å². The molecular weight excluding hydrogens is 331 g/mol. The summed E-state index contributed by atoms with van der Waals surface area (Å²) in [7, 11) is -4.74. The first-order chi connectivity index (χ1) is 10.6. The third-order valence-electron chi connectivity index (χ3n) is 3.58. The maximum Gasteiger partial charge on any atom is 0.469 e. The number of phosphoric ester groups is 1. The number of rotatable bonds is 5. The van der Waals surface area contributed by atoms with Crippen LogP contribution in [0.3, 0.4) is 0 Å². The number of nitrogens with zero attached hydrogens (tertiary/aromatic N) is 1. The van der Waals surface area contributed by atoms with Gasteiger partial charge in [-0.15, -0.1) is 6.58 Å². The molecule has 1 saturated heterocycles. The fourth-order valence-corrected chi connectivity index (χ4v) is 2.62. The van der Waals surface area contributed by atoms with E-state index in [9.17, 15) is 19.3 Å². The lowest BCUT2D eigenvalue weighted by Gasteiger charge is -2.24. The van der Waals surface area contributed by atoms with Crippen LogP contribution in [-0.4, -0.2) is 42.8 Å². The predicted molar refractivity (Wildman–Crippen MR) is 77.7 cm³/mol. The normalized spacial score (nSPS) is 28.0. The third kappa shape index (κ3) is 3.86. The monoisotopic (exact) mass is 348 g/mol. The molecule has 0 unspecified atom stereocenters. The van der Waals surface area contributed by atoms with Crippen molar-refractivity contribution in [3.63, 3.8) is 0 Å². The number of aryl methyl sites for hydroxylation is 1. The van der Waals surface area contributed by atoms with Crippen molar-refractivity contribution in [3.05, 3.63) is 45.3 Å². The van der Waals surface area contributed by atoms with Crippen LogP contribution in [0.4, 0.5) is 0 Å². The van der Waals surface area contributed by atoms with E-state index in [1.807, 2.05) is 0 Å². The maximum absolute atomic E-state index is 11.9. The second-order valence-electron chi connectivity index (χ2n) is 5.24. The molecule has 1 aliphatic heterocycles. The van der Waals surface area contributed by atoms with E-state index < -0.39 is 43.6 Å². The Labute approximate surface area is 130 Å². The molecule has 0 amide bonds. The molecule has 0 saturated carbocycles. The quantitative estimate of drug-likeness (QED) is 0.397. The molecule has 4 N–H and O–H groups in total. The van der Waals surface area contributed by atoms with Gasteiger partial charge in [0.05, 0.1) is 6.61 Å². The van der Waals surface area contributed by atoms with Crippen LogP contribution in [0.5, 0.6) is 0 Å². The largest absolute Gasteiger partial charge is 0.469 e. The lowest BCUT2D eigenvalue weighted by Crippen LogP contribution is -2.38. The van der Waals surface area contributed by atoms with Crippen molar-refractivity contribution in [1.82, 2.24) is 9.55 Å². The minimum absolute atomic E-state index is 0.100. The molecular formula is C12H17N2O8P. The van der Waals surface area contributed by atoms with E-state index in [0.29, 0.717) is 0 Å². The Morgan fingerprint density at radius 1 is 1.61 bits per heavy atom. The number of aromatic nitrogens is 2. The Bertz CT molecular complexity index is 765. The molecule has 0 spiro atoms. The van der Waals surface area contributed by atoms with Gasteiger partial charge in [0, 0.05) is 18.2 Å².